The summed E-state index contributed by atoms with van der Waals surface area (Å²) in [5.41, 5.74) is 4.50. The van der Waals surface area contributed by atoms with Crippen LogP contribution in [0.1, 0.15) is 53.1 Å². The van der Waals surface area contributed by atoms with Crippen molar-refractivity contribution in [2.75, 3.05) is 0 Å². The molecule has 2 atom stereocenters. The Bertz CT molecular complexity index is 916. The van der Waals surface area contributed by atoms with Gasteiger partial charge in [-0.25, -0.2) is 0 Å². The Morgan fingerprint density at radius 1 is 0.778 bits per heavy atom. The first-order valence-corrected chi connectivity index (χ1v) is 9.72. The van der Waals surface area contributed by atoms with Crippen molar-refractivity contribution in [2.24, 2.45) is 0 Å². The van der Waals surface area contributed by atoms with Crippen LogP contribution in [0, 0.1) is 0 Å². The first kappa shape index (κ1) is 17.7. The summed E-state index contributed by atoms with van der Waals surface area (Å²) in [5, 5.41) is 10.7. The van der Waals surface area contributed by atoms with E-state index in [0.29, 0.717) is 11.1 Å². The smallest absolute Gasteiger partial charge is 0.193 e. The van der Waals surface area contributed by atoms with Gasteiger partial charge in [0.05, 0.1) is 6.10 Å². The maximum absolute atomic E-state index is 13.3. The summed E-state index contributed by atoms with van der Waals surface area (Å²) in [6, 6.07) is 25.5. The molecule has 2 heteroatoms. The van der Waals surface area contributed by atoms with Crippen LogP contribution < -0.4 is 0 Å². The van der Waals surface area contributed by atoms with Crippen LogP contribution in [0.5, 0.6) is 0 Å². The van der Waals surface area contributed by atoms with Crippen LogP contribution in [0.3, 0.4) is 0 Å². The van der Waals surface area contributed by atoms with Crippen molar-refractivity contribution in [3.05, 3.63) is 95.6 Å². The molecule has 1 aliphatic rings. The number of ketones is 1. The summed E-state index contributed by atoms with van der Waals surface area (Å²) in [5.74, 6) is 0.110. The van der Waals surface area contributed by atoms with Gasteiger partial charge in [0.2, 0.25) is 0 Å². The Hall–Kier alpha value is -2.71. The fourth-order valence-corrected chi connectivity index (χ4v) is 4.21. The van der Waals surface area contributed by atoms with E-state index in [0.717, 1.165) is 42.4 Å². The van der Waals surface area contributed by atoms with Crippen LogP contribution in [-0.2, 0) is 0 Å². The fraction of sp³-hybridized carbons (Fsp3) is 0.240. The lowest BCUT2D eigenvalue weighted by Gasteiger charge is -2.30. The number of aliphatic hydroxyl groups excluding tert-OH is 1. The highest BCUT2D eigenvalue weighted by Gasteiger charge is 2.29. The minimum Gasteiger partial charge on any atom is -0.392 e. The summed E-state index contributed by atoms with van der Waals surface area (Å²) < 4.78 is 0. The van der Waals surface area contributed by atoms with Gasteiger partial charge >= 0.3 is 0 Å². The molecule has 1 N–H and O–H groups in total. The molecule has 0 saturated heterocycles. The Labute approximate surface area is 160 Å². The minimum absolute atomic E-state index is 0.0293. The highest BCUT2D eigenvalue weighted by atomic mass is 16.3. The number of hydrogen-bond acceptors (Lipinski definition) is 2. The molecule has 0 bridgehead atoms. The molecule has 0 spiro atoms. The standard InChI is InChI=1S/C25H24O2/c26-23-17-8-7-14-20(23)21-15-9-16-22(24(21)18-10-3-1-4-11-18)25(27)19-12-5-2-6-13-19/h1-6,9-13,15-16,20,23,26H,7-8,14,17H2. The van der Waals surface area contributed by atoms with Gasteiger partial charge in [-0.05, 0) is 29.5 Å². The molecular formula is C25H24O2. The molecule has 1 saturated carbocycles. The summed E-state index contributed by atoms with van der Waals surface area (Å²) in [6.07, 6.45) is 3.64. The van der Waals surface area contributed by atoms with E-state index in [-0.39, 0.29) is 17.8 Å². The largest absolute Gasteiger partial charge is 0.392 e. The van der Waals surface area contributed by atoms with Crippen molar-refractivity contribution in [2.45, 2.75) is 37.7 Å². The molecule has 0 aliphatic heterocycles. The normalized spacial score (nSPS) is 19.6. The average molecular weight is 356 g/mol. The van der Waals surface area contributed by atoms with Gasteiger partial charge in [0.15, 0.2) is 5.78 Å². The van der Waals surface area contributed by atoms with E-state index in [2.05, 4.69) is 18.2 Å². The summed E-state index contributed by atoms with van der Waals surface area (Å²) in [4.78, 5) is 13.3. The molecule has 4 rings (SSSR count). The lowest BCUT2D eigenvalue weighted by atomic mass is 9.77. The van der Waals surface area contributed by atoms with Gasteiger partial charge in [-0.15, -0.1) is 0 Å². The predicted molar refractivity (Wildman–Crippen MR) is 109 cm³/mol. The van der Waals surface area contributed by atoms with Crippen LogP contribution in [0.15, 0.2) is 78.9 Å². The van der Waals surface area contributed by atoms with Crippen LogP contribution in [0.4, 0.5) is 0 Å². The highest BCUT2D eigenvalue weighted by Crippen LogP contribution is 2.40. The van der Waals surface area contributed by atoms with Crippen LogP contribution >= 0.6 is 0 Å². The molecule has 0 heterocycles. The number of benzene rings is 3. The molecule has 3 aromatic rings. The van der Waals surface area contributed by atoms with Crippen molar-refractivity contribution < 1.29 is 9.90 Å². The van der Waals surface area contributed by atoms with E-state index >= 15 is 0 Å². The Morgan fingerprint density at radius 2 is 1.44 bits per heavy atom. The number of carbonyl (C=O) groups excluding carboxylic acids is 1. The molecule has 2 nitrogen and oxygen atoms in total. The molecule has 1 aliphatic carbocycles. The van der Waals surface area contributed by atoms with Gasteiger partial charge < -0.3 is 5.11 Å². The van der Waals surface area contributed by atoms with E-state index in [9.17, 15) is 9.90 Å². The van der Waals surface area contributed by atoms with Crippen molar-refractivity contribution in [1.29, 1.82) is 0 Å². The lowest BCUT2D eigenvalue weighted by Crippen LogP contribution is -2.23. The number of rotatable bonds is 4. The number of aliphatic hydroxyl groups is 1. The summed E-state index contributed by atoms with van der Waals surface area (Å²) in [6.45, 7) is 0. The Morgan fingerprint density at radius 3 is 2.15 bits per heavy atom. The van der Waals surface area contributed by atoms with Gasteiger partial charge in [-0.1, -0.05) is 91.7 Å². The van der Waals surface area contributed by atoms with Crippen LogP contribution in [0.25, 0.3) is 11.1 Å². The van der Waals surface area contributed by atoms with Gasteiger partial charge in [0.1, 0.15) is 0 Å². The molecular weight excluding hydrogens is 332 g/mol. The summed E-state index contributed by atoms with van der Waals surface area (Å²) in [7, 11) is 0. The fourth-order valence-electron chi connectivity index (χ4n) is 4.21. The van der Waals surface area contributed by atoms with Gasteiger partial charge in [-0.3, -0.25) is 4.79 Å². The third-order valence-corrected chi connectivity index (χ3v) is 5.57. The zero-order chi connectivity index (χ0) is 18.6. The van der Waals surface area contributed by atoms with Crippen molar-refractivity contribution in [1.82, 2.24) is 0 Å². The van der Waals surface area contributed by atoms with E-state index in [1.165, 1.54) is 0 Å². The first-order chi connectivity index (χ1) is 13.3. The molecule has 1 fully saturated rings. The van der Waals surface area contributed by atoms with Crippen LogP contribution in [0.2, 0.25) is 0 Å². The monoisotopic (exact) mass is 356 g/mol. The minimum atomic E-state index is -0.344. The van der Waals surface area contributed by atoms with Crippen molar-refractivity contribution >= 4 is 5.78 Å². The zero-order valence-electron chi connectivity index (χ0n) is 15.3. The second kappa shape index (κ2) is 7.89. The highest BCUT2D eigenvalue weighted by molar-refractivity contribution is 6.13. The first-order valence-electron chi connectivity index (χ1n) is 9.72. The van der Waals surface area contributed by atoms with E-state index in [1.807, 2.05) is 60.7 Å². The second-order valence-corrected chi connectivity index (χ2v) is 7.29. The topological polar surface area (TPSA) is 37.3 Å². The molecule has 0 aromatic heterocycles. The number of carbonyl (C=O) groups is 1. The molecule has 2 unspecified atom stereocenters. The van der Waals surface area contributed by atoms with Crippen molar-refractivity contribution in [3.63, 3.8) is 0 Å². The second-order valence-electron chi connectivity index (χ2n) is 7.29. The third-order valence-electron chi connectivity index (χ3n) is 5.57. The third kappa shape index (κ3) is 3.58. The number of hydrogen-bond donors (Lipinski definition) is 1. The van der Waals surface area contributed by atoms with Crippen LogP contribution in [-0.4, -0.2) is 17.0 Å². The maximum Gasteiger partial charge on any atom is 0.193 e. The molecule has 0 radical (unpaired) electrons. The zero-order valence-corrected chi connectivity index (χ0v) is 15.3. The van der Waals surface area contributed by atoms with Gasteiger partial charge in [0, 0.05) is 17.0 Å². The lowest BCUT2D eigenvalue weighted by molar-refractivity contribution is 0.103. The van der Waals surface area contributed by atoms with E-state index < -0.39 is 0 Å². The summed E-state index contributed by atoms with van der Waals surface area (Å²) >= 11 is 0. The molecule has 27 heavy (non-hydrogen) atoms. The SMILES string of the molecule is O=C(c1ccccc1)c1cccc(C2CCCCC2O)c1-c1ccccc1. The molecule has 136 valence electrons. The predicted octanol–water partition coefficient (Wildman–Crippen LogP) is 5.60. The Kier molecular flexibility index (Phi) is 5.17. The molecule has 3 aromatic carbocycles. The van der Waals surface area contributed by atoms with E-state index in [4.69, 9.17) is 0 Å². The van der Waals surface area contributed by atoms with Gasteiger partial charge in [0.25, 0.3) is 0 Å². The van der Waals surface area contributed by atoms with Crippen molar-refractivity contribution in [3.8, 4) is 11.1 Å². The molecule has 0 amide bonds. The quantitative estimate of drug-likeness (QED) is 0.618. The maximum atomic E-state index is 13.3. The van der Waals surface area contributed by atoms with Gasteiger partial charge in [-0.2, -0.15) is 0 Å². The Balaban J connectivity index is 1.89. The van der Waals surface area contributed by atoms with E-state index in [1.54, 1.807) is 0 Å². The average Bonchev–Trinajstić information content (AvgIpc) is 2.74.